The molecule has 2 aromatic rings. The average Bonchev–Trinajstić information content (AvgIpc) is 2.88. The van der Waals surface area contributed by atoms with Gasteiger partial charge in [-0.25, -0.2) is 0 Å². The predicted molar refractivity (Wildman–Crippen MR) is 60.9 cm³/mol. The highest BCUT2D eigenvalue weighted by molar-refractivity contribution is 5.79. The molecule has 78 valence electrons. The Morgan fingerprint density at radius 1 is 1.47 bits per heavy atom. The van der Waals surface area contributed by atoms with Gasteiger partial charge in [0.2, 0.25) is 0 Å². The minimum atomic E-state index is 0.689. The van der Waals surface area contributed by atoms with E-state index in [0.717, 1.165) is 13.1 Å². The van der Waals surface area contributed by atoms with E-state index in [4.69, 9.17) is 0 Å². The number of hydrogen-bond acceptors (Lipinski definition) is 2. The summed E-state index contributed by atoms with van der Waals surface area (Å²) in [5.74, 6) is 0.689. The van der Waals surface area contributed by atoms with Gasteiger partial charge < -0.3 is 5.32 Å². The van der Waals surface area contributed by atoms with Gasteiger partial charge in [0.25, 0.3) is 0 Å². The fraction of sp³-hybridized carbons (Fsp3) is 0.417. The summed E-state index contributed by atoms with van der Waals surface area (Å²) >= 11 is 0. The molecule has 0 saturated carbocycles. The van der Waals surface area contributed by atoms with Crippen LogP contribution in [-0.2, 0) is 7.05 Å². The van der Waals surface area contributed by atoms with Crippen molar-refractivity contribution in [3.05, 3.63) is 30.0 Å². The van der Waals surface area contributed by atoms with Crippen molar-refractivity contribution in [2.24, 2.45) is 7.05 Å². The summed E-state index contributed by atoms with van der Waals surface area (Å²) in [7, 11) is 1.99. The highest BCUT2D eigenvalue weighted by Gasteiger charge is 2.16. The molecule has 0 amide bonds. The van der Waals surface area contributed by atoms with E-state index in [1.54, 1.807) is 0 Å². The Labute approximate surface area is 89.1 Å². The molecule has 0 aliphatic carbocycles. The molecule has 1 unspecified atom stereocenters. The molecule has 1 aromatic carbocycles. The third kappa shape index (κ3) is 1.43. The van der Waals surface area contributed by atoms with Crippen molar-refractivity contribution >= 4 is 10.9 Å². The molecule has 3 rings (SSSR count). The van der Waals surface area contributed by atoms with Gasteiger partial charge in [-0.3, -0.25) is 4.68 Å². The van der Waals surface area contributed by atoms with E-state index in [2.05, 4.69) is 28.6 Å². The highest BCUT2D eigenvalue weighted by atomic mass is 15.2. The van der Waals surface area contributed by atoms with Gasteiger partial charge >= 0.3 is 0 Å². The second-order valence-electron chi connectivity index (χ2n) is 4.28. The number of benzene rings is 1. The molecule has 0 spiro atoms. The van der Waals surface area contributed by atoms with Crippen molar-refractivity contribution in [1.29, 1.82) is 0 Å². The third-order valence-electron chi connectivity index (χ3n) is 3.30. The van der Waals surface area contributed by atoms with E-state index < -0.39 is 0 Å². The molecular weight excluding hydrogens is 186 g/mol. The van der Waals surface area contributed by atoms with Crippen LogP contribution in [0.2, 0.25) is 0 Å². The summed E-state index contributed by atoms with van der Waals surface area (Å²) < 4.78 is 1.92. The summed E-state index contributed by atoms with van der Waals surface area (Å²) in [6.07, 6.45) is 3.20. The van der Waals surface area contributed by atoms with E-state index in [9.17, 15) is 0 Å². The van der Waals surface area contributed by atoms with Gasteiger partial charge in [0.05, 0.1) is 11.7 Å². The number of rotatable bonds is 1. The molecule has 1 N–H and O–H groups in total. The maximum atomic E-state index is 4.26. The summed E-state index contributed by atoms with van der Waals surface area (Å²) in [6, 6.07) is 6.69. The van der Waals surface area contributed by atoms with Gasteiger partial charge in [0.1, 0.15) is 0 Å². The van der Waals surface area contributed by atoms with Crippen LogP contribution in [0.5, 0.6) is 0 Å². The second kappa shape index (κ2) is 3.35. The van der Waals surface area contributed by atoms with Crippen LogP contribution in [0.3, 0.4) is 0 Å². The topological polar surface area (TPSA) is 29.9 Å². The van der Waals surface area contributed by atoms with Crippen molar-refractivity contribution in [3.63, 3.8) is 0 Å². The number of aromatic nitrogens is 2. The van der Waals surface area contributed by atoms with Crippen LogP contribution in [-0.4, -0.2) is 22.9 Å². The van der Waals surface area contributed by atoms with E-state index >= 15 is 0 Å². The first-order valence-corrected chi connectivity index (χ1v) is 5.47. The van der Waals surface area contributed by atoms with Crippen LogP contribution in [0.25, 0.3) is 10.9 Å². The van der Waals surface area contributed by atoms with Crippen LogP contribution in [0.4, 0.5) is 0 Å². The standard InChI is InChI=1S/C12H15N3/c1-15-12-3-2-9(6-11(12)8-14-15)10-4-5-13-7-10/h2-3,6,8,10,13H,4-5,7H2,1H3. The SMILES string of the molecule is Cn1ncc2cc(C3CCNC3)ccc21. The molecule has 3 nitrogen and oxygen atoms in total. The second-order valence-corrected chi connectivity index (χ2v) is 4.28. The lowest BCUT2D eigenvalue weighted by atomic mass is 9.97. The molecule has 0 radical (unpaired) electrons. The zero-order valence-electron chi connectivity index (χ0n) is 8.90. The maximum absolute atomic E-state index is 4.26. The van der Waals surface area contributed by atoms with Crippen molar-refractivity contribution in [3.8, 4) is 0 Å². The van der Waals surface area contributed by atoms with Crippen LogP contribution >= 0.6 is 0 Å². The van der Waals surface area contributed by atoms with Gasteiger partial charge in [-0.05, 0) is 36.6 Å². The first-order chi connectivity index (χ1) is 7.34. The fourth-order valence-corrected chi connectivity index (χ4v) is 2.38. The Kier molecular flexibility index (Phi) is 1.99. The predicted octanol–water partition coefficient (Wildman–Crippen LogP) is 1.65. The monoisotopic (exact) mass is 201 g/mol. The third-order valence-corrected chi connectivity index (χ3v) is 3.30. The Morgan fingerprint density at radius 3 is 3.20 bits per heavy atom. The van der Waals surface area contributed by atoms with Crippen molar-refractivity contribution in [1.82, 2.24) is 15.1 Å². The molecule has 1 aliphatic rings. The van der Waals surface area contributed by atoms with Gasteiger partial charge in [-0.2, -0.15) is 5.10 Å². The van der Waals surface area contributed by atoms with Gasteiger partial charge in [0, 0.05) is 19.0 Å². The first kappa shape index (κ1) is 8.92. The first-order valence-electron chi connectivity index (χ1n) is 5.47. The Bertz CT molecular complexity index is 481. The molecule has 3 heteroatoms. The fourth-order valence-electron chi connectivity index (χ4n) is 2.38. The van der Waals surface area contributed by atoms with Crippen LogP contribution in [0, 0.1) is 0 Å². The van der Waals surface area contributed by atoms with Crippen molar-refractivity contribution in [2.75, 3.05) is 13.1 Å². The molecular formula is C12H15N3. The minimum absolute atomic E-state index is 0.689. The number of nitrogens with zero attached hydrogens (tertiary/aromatic N) is 2. The number of hydrogen-bond donors (Lipinski definition) is 1. The zero-order chi connectivity index (χ0) is 10.3. The summed E-state index contributed by atoms with van der Waals surface area (Å²) in [5, 5.41) is 8.92. The Hall–Kier alpha value is -1.35. The van der Waals surface area contributed by atoms with E-state index in [0.29, 0.717) is 5.92 Å². The number of nitrogens with one attached hydrogen (secondary N) is 1. The largest absolute Gasteiger partial charge is 0.316 e. The molecule has 1 atom stereocenters. The average molecular weight is 201 g/mol. The van der Waals surface area contributed by atoms with Gasteiger partial charge in [-0.1, -0.05) is 6.07 Å². The molecule has 1 aromatic heterocycles. The maximum Gasteiger partial charge on any atom is 0.0679 e. The minimum Gasteiger partial charge on any atom is -0.316 e. The van der Waals surface area contributed by atoms with E-state index in [-0.39, 0.29) is 0 Å². The molecule has 0 bridgehead atoms. The number of fused-ring (bicyclic) bond motifs is 1. The normalized spacial score (nSPS) is 21.3. The zero-order valence-corrected chi connectivity index (χ0v) is 8.90. The summed E-state index contributed by atoms with van der Waals surface area (Å²) in [4.78, 5) is 0. The summed E-state index contributed by atoms with van der Waals surface area (Å²) in [5.41, 5.74) is 2.66. The van der Waals surface area contributed by atoms with E-state index in [1.165, 1.54) is 22.9 Å². The smallest absolute Gasteiger partial charge is 0.0679 e. The molecule has 1 saturated heterocycles. The molecule has 1 aliphatic heterocycles. The number of aryl methyl sites for hydroxylation is 1. The van der Waals surface area contributed by atoms with Gasteiger partial charge in [-0.15, -0.1) is 0 Å². The van der Waals surface area contributed by atoms with Gasteiger partial charge in [0.15, 0.2) is 0 Å². The highest BCUT2D eigenvalue weighted by Crippen LogP contribution is 2.25. The molecule has 15 heavy (non-hydrogen) atoms. The summed E-state index contributed by atoms with van der Waals surface area (Å²) in [6.45, 7) is 2.27. The lowest BCUT2D eigenvalue weighted by Gasteiger charge is -2.08. The van der Waals surface area contributed by atoms with Crippen LogP contribution in [0.1, 0.15) is 17.9 Å². The molecule has 2 heterocycles. The van der Waals surface area contributed by atoms with Crippen molar-refractivity contribution in [2.45, 2.75) is 12.3 Å². The lowest BCUT2D eigenvalue weighted by Crippen LogP contribution is -2.07. The lowest BCUT2D eigenvalue weighted by molar-refractivity contribution is 0.764. The van der Waals surface area contributed by atoms with Crippen LogP contribution < -0.4 is 5.32 Å². The molecule has 1 fully saturated rings. The van der Waals surface area contributed by atoms with Crippen LogP contribution in [0.15, 0.2) is 24.4 Å². The van der Waals surface area contributed by atoms with E-state index in [1.807, 2.05) is 17.9 Å². The Morgan fingerprint density at radius 2 is 2.40 bits per heavy atom. The quantitative estimate of drug-likeness (QED) is 0.760. The van der Waals surface area contributed by atoms with Crippen molar-refractivity contribution < 1.29 is 0 Å². The Balaban J connectivity index is 2.05.